The molecule has 5 heteroatoms. The van der Waals surface area contributed by atoms with Gasteiger partial charge in [-0.15, -0.1) is 12.4 Å². The van der Waals surface area contributed by atoms with Crippen molar-refractivity contribution in [3.05, 3.63) is 33.4 Å². The highest BCUT2D eigenvalue weighted by Crippen LogP contribution is 2.13. The molecule has 1 fully saturated rings. The fourth-order valence-corrected chi connectivity index (χ4v) is 2.65. The van der Waals surface area contributed by atoms with E-state index in [1.807, 2.05) is 29.2 Å². The molecule has 1 saturated heterocycles. The second-order valence-corrected chi connectivity index (χ2v) is 5.63. The zero-order valence-corrected chi connectivity index (χ0v) is 13.3. The van der Waals surface area contributed by atoms with Gasteiger partial charge in [0.1, 0.15) is 0 Å². The Kier molecular flexibility index (Phi) is 6.38. The normalized spacial score (nSPS) is 19.2. The lowest BCUT2D eigenvalue weighted by atomic mass is 10.1. The monoisotopic (exact) mass is 380 g/mol. The minimum absolute atomic E-state index is 0. The van der Waals surface area contributed by atoms with Crippen molar-refractivity contribution in [2.45, 2.75) is 19.4 Å². The van der Waals surface area contributed by atoms with Gasteiger partial charge in [-0.3, -0.25) is 4.79 Å². The van der Waals surface area contributed by atoms with Crippen LogP contribution in [-0.2, 0) is 11.2 Å². The number of nitrogens with one attached hydrogen (secondary N) is 1. The first-order valence-corrected chi connectivity index (χ1v) is 6.99. The Labute approximate surface area is 128 Å². The molecule has 0 aromatic heterocycles. The summed E-state index contributed by atoms with van der Waals surface area (Å²) in [6.07, 6.45) is 0.520. The Morgan fingerprint density at radius 3 is 2.89 bits per heavy atom. The van der Waals surface area contributed by atoms with Crippen molar-refractivity contribution in [1.29, 1.82) is 0 Å². The number of nitrogens with zero attached hydrogens (tertiary/aromatic N) is 1. The Balaban J connectivity index is 0.00000162. The van der Waals surface area contributed by atoms with Crippen molar-refractivity contribution in [3.8, 4) is 0 Å². The fourth-order valence-electron chi connectivity index (χ4n) is 2.08. The van der Waals surface area contributed by atoms with Crippen LogP contribution in [0.3, 0.4) is 0 Å². The van der Waals surface area contributed by atoms with Gasteiger partial charge < -0.3 is 10.2 Å². The van der Waals surface area contributed by atoms with Crippen LogP contribution in [0.5, 0.6) is 0 Å². The van der Waals surface area contributed by atoms with Gasteiger partial charge >= 0.3 is 0 Å². The van der Waals surface area contributed by atoms with Gasteiger partial charge in [-0.05, 0) is 41.1 Å². The molecule has 1 amide bonds. The van der Waals surface area contributed by atoms with Crippen LogP contribution in [0, 0.1) is 3.57 Å². The van der Waals surface area contributed by atoms with Crippen LogP contribution in [0.2, 0.25) is 0 Å². The van der Waals surface area contributed by atoms with E-state index in [-0.39, 0.29) is 18.3 Å². The lowest BCUT2D eigenvalue weighted by molar-refractivity contribution is -0.131. The summed E-state index contributed by atoms with van der Waals surface area (Å²) in [5.74, 6) is 0.238. The lowest BCUT2D eigenvalue weighted by Crippen LogP contribution is -2.51. The standard InChI is InChI=1S/C13H17IN2O.ClH/c1-10-9-16(7-6-15-10)13(17)8-11-4-2-3-5-12(11)14;/h2-5,10,15H,6-9H2,1H3;1H/t10-;/m1./s1. The Hall–Kier alpha value is -0.330. The van der Waals surface area contributed by atoms with Gasteiger partial charge in [0.05, 0.1) is 6.42 Å². The molecule has 0 spiro atoms. The Morgan fingerprint density at radius 1 is 1.50 bits per heavy atom. The topological polar surface area (TPSA) is 32.3 Å². The molecule has 0 aliphatic carbocycles. The first-order chi connectivity index (χ1) is 8.16. The van der Waals surface area contributed by atoms with E-state index in [4.69, 9.17) is 0 Å². The molecule has 1 aromatic carbocycles. The molecular weight excluding hydrogens is 363 g/mol. The van der Waals surface area contributed by atoms with E-state index in [0.717, 1.165) is 25.2 Å². The predicted molar refractivity (Wildman–Crippen MR) is 84.2 cm³/mol. The summed E-state index contributed by atoms with van der Waals surface area (Å²) in [6.45, 7) is 4.67. The quantitative estimate of drug-likeness (QED) is 0.797. The molecule has 1 heterocycles. The molecule has 1 atom stereocenters. The Morgan fingerprint density at radius 2 is 2.22 bits per heavy atom. The molecule has 1 aliphatic rings. The first-order valence-electron chi connectivity index (χ1n) is 5.91. The number of piperazine rings is 1. The van der Waals surface area contributed by atoms with E-state index in [0.29, 0.717) is 12.5 Å². The summed E-state index contributed by atoms with van der Waals surface area (Å²) in [5.41, 5.74) is 1.13. The van der Waals surface area contributed by atoms with Gasteiger partial charge in [-0.2, -0.15) is 0 Å². The molecule has 0 bridgehead atoms. The maximum atomic E-state index is 12.2. The SMILES string of the molecule is C[C@@H]1CN(C(=O)Cc2ccccc2I)CCN1.Cl. The van der Waals surface area contributed by atoms with Crippen LogP contribution in [0.4, 0.5) is 0 Å². The number of halogens is 2. The number of hydrogen-bond acceptors (Lipinski definition) is 2. The summed E-state index contributed by atoms with van der Waals surface area (Å²) in [4.78, 5) is 14.1. The van der Waals surface area contributed by atoms with Crippen LogP contribution in [0.15, 0.2) is 24.3 Å². The van der Waals surface area contributed by atoms with Crippen LogP contribution in [0.25, 0.3) is 0 Å². The van der Waals surface area contributed by atoms with E-state index in [2.05, 4.69) is 34.8 Å². The number of rotatable bonds is 2. The maximum Gasteiger partial charge on any atom is 0.227 e. The summed E-state index contributed by atoms with van der Waals surface area (Å²) in [6, 6.07) is 8.48. The van der Waals surface area contributed by atoms with Crippen molar-refractivity contribution in [1.82, 2.24) is 10.2 Å². The average Bonchev–Trinajstić information content (AvgIpc) is 2.32. The minimum atomic E-state index is 0. The third-order valence-corrected chi connectivity index (χ3v) is 4.07. The van der Waals surface area contributed by atoms with Gasteiger partial charge in [-0.1, -0.05) is 18.2 Å². The first kappa shape index (κ1) is 15.7. The van der Waals surface area contributed by atoms with E-state index in [9.17, 15) is 4.79 Å². The zero-order chi connectivity index (χ0) is 12.3. The molecule has 100 valence electrons. The van der Waals surface area contributed by atoms with Crippen LogP contribution in [0.1, 0.15) is 12.5 Å². The van der Waals surface area contributed by atoms with E-state index in [1.54, 1.807) is 0 Å². The van der Waals surface area contributed by atoms with Gasteiger partial charge in [0.2, 0.25) is 5.91 Å². The number of amides is 1. The molecule has 1 aromatic rings. The highest BCUT2D eigenvalue weighted by Gasteiger charge is 2.20. The molecule has 18 heavy (non-hydrogen) atoms. The molecule has 2 rings (SSSR count). The number of benzene rings is 1. The van der Waals surface area contributed by atoms with Gasteiger partial charge in [0.15, 0.2) is 0 Å². The molecule has 0 saturated carbocycles. The molecule has 1 N–H and O–H groups in total. The molecular formula is C13H18ClIN2O. The lowest BCUT2D eigenvalue weighted by Gasteiger charge is -2.32. The molecule has 3 nitrogen and oxygen atoms in total. The summed E-state index contributed by atoms with van der Waals surface area (Å²) in [7, 11) is 0. The maximum absolute atomic E-state index is 12.2. The number of hydrogen-bond donors (Lipinski definition) is 1. The minimum Gasteiger partial charge on any atom is -0.340 e. The van der Waals surface area contributed by atoms with Gasteiger partial charge in [-0.25, -0.2) is 0 Å². The Bertz CT molecular complexity index is 414. The van der Waals surface area contributed by atoms with Gasteiger partial charge in [0, 0.05) is 29.2 Å². The summed E-state index contributed by atoms with van der Waals surface area (Å²) < 4.78 is 1.17. The highest BCUT2D eigenvalue weighted by atomic mass is 127. The summed E-state index contributed by atoms with van der Waals surface area (Å²) >= 11 is 2.29. The summed E-state index contributed by atoms with van der Waals surface area (Å²) in [5, 5.41) is 3.35. The van der Waals surface area contributed by atoms with E-state index in [1.165, 1.54) is 3.57 Å². The van der Waals surface area contributed by atoms with Crippen molar-refractivity contribution in [2.75, 3.05) is 19.6 Å². The molecule has 1 aliphatic heterocycles. The molecule has 0 unspecified atom stereocenters. The second-order valence-electron chi connectivity index (χ2n) is 4.46. The molecule has 0 radical (unpaired) electrons. The number of carbonyl (C=O) groups is 1. The second kappa shape index (κ2) is 7.31. The van der Waals surface area contributed by atoms with Crippen molar-refractivity contribution in [3.63, 3.8) is 0 Å². The third-order valence-electron chi connectivity index (χ3n) is 3.02. The average molecular weight is 381 g/mol. The zero-order valence-electron chi connectivity index (χ0n) is 10.4. The van der Waals surface area contributed by atoms with Crippen LogP contribution in [-0.4, -0.2) is 36.5 Å². The van der Waals surface area contributed by atoms with Crippen molar-refractivity contribution in [2.24, 2.45) is 0 Å². The fraction of sp³-hybridized carbons (Fsp3) is 0.462. The van der Waals surface area contributed by atoms with Crippen molar-refractivity contribution >= 4 is 40.9 Å². The smallest absolute Gasteiger partial charge is 0.227 e. The highest BCUT2D eigenvalue weighted by molar-refractivity contribution is 14.1. The van der Waals surface area contributed by atoms with Gasteiger partial charge in [0.25, 0.3) is 0 Å². The predicted octanol–water partition coefficient (Wildman–Crippen LogP) is 2.08. The van der Waals surface area contributed by atoms with Crippen molar-refractivity contribution < 1.29 is 4.79 Å². The largest absolute Gasteiger partial charge is 0.340 e. The van der Waals surface area contributed by atoms with Crippen LogP contribution < -0.4 is 5.32 Å². The van der Waals surface area contributed by atoms with Crippen LogP contribution >= 0.6 is 35.0 Å². The number of carbonyl (C=O) groups excluding carboxylic acids is 1. The third kappa shape index (κ3) is 4.10. The van der Waals surface area contributed by atoms with E-state index >= 15 is 0 Å². The van der Waals surface area contributed by atoms with E-state index < -0.39 is 0 Å².